The monoisotopic (exact) mass is 1040 g/mol. The summed E-state index contributed by atoms with van der Waals surface area (Å²) < 4.78 is 28.5. The SMILES string of the molecule is Cc1ncsc1-c1ccc(C(C)NC(=O)[C@@H]2C[C@@H](O)CN2C(=O)C(NC(=O)CCCNC(=O)c2ccc(CN3CCN(S(=O)(=O)c4ccc(NC(=S)NCc5cccnc5)cc4)CC3)cc2)C(C)(C)C)cc1. The molecule has 4 amide bonds. The zero-order chi connectivity index (χ0) is 51.6. The number of nitrogens with zero attached hydrogens (tertiary/aromatic N) is 5. The molecule has 3 aromatic carbocycles. The van der Waals surface area contributed by atoms with Crippen LogP contribution >= 0.6 is 23.6 Å². The molecule has 0 saturated carbocycles. The molecule has 4 heterocycles. The molecule has 72 heavy (non-hydrogen) atoms. The summed E-state index contributed by atoms with van der Waals surface area (Å²) in [6.07, 6.45) is 3.00. The lowest BCUT2D eigenvalue weighted by Gasteiger charge is -2.35. The average molecular weight is 1040 g/mol. The van der Waals surface area contributed by atoms with Gasteiger partial charge < -0.3 is 36.6 Å². The number of nitrogens with one attached hydrogen (secondary N) is 5. The van der Waals surface area contributed by atoms with Crippen LogP contribution in [-0.2, 0) is 37.5 Å². The summed E-state index contributed by atoms with van der Waals surface area (Å²) in [7, 11) is -3.70. The second kappa shape index (κ2) is 24.0. The summed E-state index contributed by atoms with van der Waals surface area (Å²) in [5, 5.41) is 26.0. The zero-order valence-electron chi connectivity index (χ0n) is 41.3. The highest BCUT2D eigenvalue weighted by Gasteiger charge is 2.44. The maximum Gasteiger partial charge on any atom is 0.251 e. The number of carbonyl (C=O) groups is 4. The van der Waals surface area contributed by atoms with Gasteiger partial charge in [-0.05, 0) is 103 Å². The Kier molecular flexibility index (Phi) is 17.9. The minimum absolute atomic E-state index is 0.0344. The normalized spacial score (nSPS) is 17.4. The van der Waals surface area contributed by atoms with Crippen molar-refractivity contribution in [3.8, 4) is 10.4 Å². The van der Waals surface area contributed by atoms with E-state index in [2.05, 4.69) is 41.5 Å². The van der Waals surface area contributed by atoms with Crippen LogP contribution in [0.25, 0.3) is 10.4 Å². The molecule has 2 unspecified atom stereocenters. The van der Waals surface area contributed by atoms with Gasteiger partial charge in [0.15, 0.2) is 5.11 Å². The van der Waals surface area contributed by atoms with Crippen LogP contribution in [0.15, 0.2) is 108 Å². The fraction of sp³-hybridized carbons (Fsp3) is 0.404. The van der Waals surface area contributed by atoms with Crippen LogP contribution in [-0.4, -0.2) is 124 Å². The van der Waals surface area contributed by atoms with Gasteiger partial charge in [0.1, 0.15) is 12.1 Å². The number of benzene rings is 3. The Bertz CT molecular complexity index is 2780. The fourth-order valence-corrected chi connectivity index (χ4v) is 11.1. The number of aliphatic hydroxyl groups excluding tert-OH is 1. The van der Waals surface area contributed by atoms with E-state index in [-0.39, 0.29) is 54.6 Å². The van der Waals surface area contributed by atoms with Crippen molar-refractivity contribution in [1.82, 2.24) is 45.3 Å². The number of sulfonamides is 1. The molecule has 0 spiro atoms. The summed E-state index contributed by atoms with van der Waals surface area (Å²) in [6, 6.07) is 23.2. The Hall–Kier alpha value is -6.16. The molecule has 7 rings (SSSR count). The number of rotatable bonds is 18. The van der Waals surface area contributed by atoms with Crippen molar-refractivity contribution in [2.75, 3.05) is 44.6 Å². The first kappa shape index (κ1) is 53.6. The van der Waals surface area contributed by atoms with Crippen molar-refractivity contribution in [2.45, 2.75) is 96.1 Å². The summed E-state index contributed by atoms with van der Waals surface area (Å²) >= 11 is 6.95. The van der Waals surface area contributed by atoms with E-state index in [1.807, 2.05) is 88.7 Å². The average Bonchev–Trinajstić information content (AvgIpc) is 3.99. The van der Waals surface area contributed by atoms with E-state index in [9.17, 15) is 32.7 Å². The molecule has 2 saturated heterocycles. The lowest BCUT2D eigenvalue weighted by Crippen LogP contribution is -2.57. The van der Waals surface area contributed by atoms with Crippen LogP contribution in [0.4, 0.5) is 5.69 Å². The first-order valence-corrected chi connectivity index (χ1v) is 26.8. The Labute approximate surface area is 431 Å². The van der Waals surface area contributed by atoms with E-state index in [4.69, 9.17) is 12.2 Å². The van der Waals surface area contributed by atoms with E-state index < -0.39 is 39.5 Å². The Morgan fingerprint density at radius 1 is 0.903 bits per heavy atom. The number of hydrogen-bond acceptors (Lipinski definition) is 12. The van der Waals surface area contributed by atoms with Gasteiger partial charge in [0, 0.05) is 88.8 Å². The van der Waals surface area contributed by atoms with E-state index in [1.165, 1.54) is 9.21 Å². The van der Waals surface area contributed by atoms with Gasteiger partial charge in [0.25, 0.3) is 5.91 Å². The lowest BCUT2D eigenvalue weighted by atomic mass is 9.85. The number of anilines is 1. The molecule has 0 radical (unpaired) electrons. The zero-order valence-corrected chi connectivity index (χ0v) is 43.7. The van der Waals surface area contributed by atoms with Gasteiger partial charge in [-0.3, -0.25) is 29.1 Å². The highest BCUT2D eigenvalue weighted by atomic mass is 32.2. The minimum atomic E-state index is -3.70. The summed E-state index contributed by atoms with van der Waals surface area (Å²) in [5.74, 6) is -1.50. The number of likely N-dealkylation sites (tertiary alicyclic amines) is 1. The number of hydrogen-bond donors (Lipinski definition) is 6. The van der Waals surface area contributed by atoms with Crippen molar-refractivity contribution >= 4 is 68.0 Å². The van der Waals surface area contributed by atoms with Gasteiger partial charge in [0.05, 0.1) is 33.1 Å². The number of amides is 4. The topological polar surface area (TPSA) is 218 Å². The molecule has 2 aliphatic rings. The molecule has 20 heteroatoms. The third kappa shape index (κ3) is 14.1. The lowest BCUT2D eigenvalue weighted by molar-refractivity contribution is -0.144. The number of piperazine rings is 1. The van der Waals surface area contributed by atoms with Gasteiger partial charge in [0.2, 0.25) is 27.7 Å². The van der Waals surface area contributed by atoms with E-state index in [0.717, 1.165) is 32.8 Å². The second-order valence-corrected chi connectivity index (χ2v) is 22.5. The molecule has 0 aliphatic carbocycles. The summed E-state index contributed by atoms with van der Waals surface area (Å²) in [6.45, 7) is 12.4. The van der Waals surface area contributed by atoms with Crippen LogP contribution in [0.2, 0.25) is 0 Å². The van der Waals surface area contributed by atoms with E-state index in [1.54, 1.807) is 60.1 Å². The van der Waals surface area contributed by atoms with E-state index in [0.29, 0.717) is 62.1 Å². The second-order valence-electron chi connectivity index (χ2n) is 19.3. The highest BCUT2D eigenvalue weighted by molar-refractivity contribution is 7.89. The van der Waals surface area contributed by atoms with Crippen molar-refractivity contribution in [3.05, 3.63) is 131 Å². The number of carbonyl (C=O) groups excluding carboxylic acids is 4. The molecule has 2 fully saturated rings. The number of aryl methyl sites for hydroxylation is 1. The van der Waals surface area contributed by atoms with Crippen LogP contribution < -0.4 is 26.6 Å². The number of β-amino-alcohol motifs (C(OH)–C–C–N with tert-alkyl or cyclic N) is 1. The smallest absolute Gasteiger partial charge is 0.251 e. The van der Waals surface area contributed by atoms with Gasteiger partial charge in [-0.2, -0.15) is 4.31 Å². The molecule has 5 aromatic rings. The standard InChI is InChI=1S/C52H64N10O7S3/c1-34(38-14-16-39(17-15-38)46-35(2)56-33-71-46)57-49(66)44-28-42(63)32-62(44)50(67)47(52(3,4)5)59-45(64)9-7-23-54-48(65)40-12-10-36(11-13-40)31-60-24-26-61(27-25-60)72(68,69)43-20-18-41(19-21-43)58-51(70)55-30-37-8-6-22-53-29-37/h6,8,10-22,29,33-34,42,44,47,63H,7,9,23-28,30-32H2,1-5H3,(H,54,65)(H,57,66)(H,59,64)(H2,55,58,70)/t34?,42-,44+,47?/m1/s1. The molecule has 6 N–H and O–H groups in total. The van der Waals surface area contributed by atoms with Crippen LogP contribution in [0.3, 0.4) is 0 Å². The molecular weight excluding hydrogens is 973 g/mol. The summed E-state index contributed by atoms with van der Waals surface area (Å²) in [5.41, 5.74) is 7.06. The molecule has 17 nitrogen and oxygen atoms in total. The van der Waals surface area contributed by atoms with Gasteiger partial charge in [-0.15, -0.1) is 11.3 Å². The minimum Gasteiger partial charge on any atom is -0.391 e. The Morgan fingerprint density at radius 3 is 2.25 bits per heavy atom. The Balaban J connectivity index is 0.816. The maximum atomic E-state index is 14.1. The summed E-state index contributed by atoms with van der Waals surface area (Å²) in [4.78, 5) is 67.4. The van der Waals surface area contributed by atoms with Gasteiger partial charge >= 0.3 is 0 Å². The van der Waals surface area contributed by atoms with Crippen LogP contribution in [0.1, 0.15) is 85.7 Å². The van der Waals surface area contributed by atoms with Crippen molar-refractivity contribution in [2.24, 2.45) is 5.41 Å². The van der Waals surface area contributed by atoms with Crippen LogP contribution in [0, 0.1) is 12.3 Å². The fourth-order valence-electron chi connectivity index (χ4n) is 8.67. The van der Waals surface area contributed by atoms with Crippen molar-refractivity contribution in [3.63, 3.8) is 0 Å². The van der Waals surface area contributed by atoms with Crippen molar-refractivity contribution < 1.29 is 32.7 Å². The van der Waals surface area contributed by atoms with Crippen molar-refractivity contribution in [1.29, 1.82) is 0 Å². The third-order valence-electron chi connectivity index (χ3n) is 12.8. The Morgan fingerprint density at radius 2 is 1.61 bits per heavy atom. The molecule has 2 aromatic heterocycles. The highest BCUT2D eigenvalue weighted by Crippen LogP contribution is 2.30. The maximum absolute atomic E-state index is 14.1. The molecule has 0 bridgehead atoms. The molecule has 382 valence electrons. The molecule has 4 atom stereocenters. The molecular formula is C52H64N10O7S3. The predicted molar refractivity (Wildman–Crippen MR) is 282 cm³/mol. The first-order valence-electron chi connectivity index (χ1n) is 24.1. The largest absolute Gasteiger partial charge is 0.391 e. The van der Waals surface area contributed by atoms with Crippen LogP contribution in [0.5, 0.6) is 0 Å². The quantitative estimate of drug-likeness (QED) is 0.0480. The first-order chi connectivity index (χ1) is 34.3. The number of aliphatic hydroxyl groups is 1. The number of pyridine rings is 1. The van der Waals surface area contributed by atoms with Gasteiger partial charge in [-0.25, -0.2) is 13.4 Å². The van der Waals surface area contributed by atoms with E-state index >= 15 is 0 Å². The number of thiocarbonyl (C=S) groups is 1. The number of aromatic nitrogens is 2. The van der Waals surface area contributed by atoms with Gasteiger partial charge in [-0.1, -0.05) is 63.2 Å². The molecule has 2 aliphatic heterocycles. The predicted octanol–water partition coefficient (Wildman–Crippen LogP) is 5.39. The third-order valence-corrected chi connectivity index (χ3v) is 15.9. The number of thiazole rings is 1.